The van der Waals surface area contributed by atoms with Crippen LogP contribution in [0.15, 0.2) is 45.6 Å². The quantitative estimate of drug-likeness (QED) is 0.596. The lowest BCUT2D eigenvalue weighted by molar-refractivity contribution is 0.388. The highest BCUT2D eigenvalue weighted by atomic mass is 16.5. The van der Waals surface area contributed by atoms with E-state index in [-0.39, 0.29) is 5.63 Å². The predicted molar refractivity (Wildman–Crippen MR) is 92.6 cm³/mol. The van der Waals surface area contributed by atoms with Gasteiger partial charge in [-0.1, -0.05) is 17.7 Å². The summed E-state index contributed by atoms with van der Waals surface area (Å²) in [6, 6.07) is 3.55. The average molecular weight is 314 g/mol. The molecular weight excluding hydrogens is 292 g/mol. The van der Waals surface area contributed by atoms with Gasteiger partial charge in [0.2, 0.25) is 0 Å². The van der Waals surface area contributed by atoms with Gasteiger partial charge in [0, 0.05) is 17.2 Å². The molecule has 0 saturated heterocycles. The second-order valence-corrected chi connectivity index (χ2v) is 5.54. The second kappa shape index (κ2) is 7.18. The van der Waals surface area contributed by atoms with Crippen molar-refractivity contribution >= 4 is 11.0 Å². The molecule has 0 aliphatic heterocycles. The van der Waals surface area contributed by atoms with Crippen molar-refractivity contribution in [2.24, 2.45) is 0 Å². The van der Waals surface area contributed by atoms with Gasteiger partial charge in [0.15, 0.2) is 0 Å². The van der Waals surface area contributed by atoms with Crippen LogP contribution in [0.4, 0.5) is 0 Å². The normalized spacial score (nSPS) is 10.4. The SMILES string of the molecule is C=CCc1cc2c(OC)c(CC=C(C)C)c(OC)cc2oc1=O. The third kappa shape index (κ3) is 3.47. The lowest BCUT2D eigenvalue weighted by Gasteiger charge is -2.15. The molecule has 0 aliphatic rings. The molecule has 0 radical (unpaired) electrons. The summed E-state index contributed by atoms with van der Waals surface area (Å²) in [5, 5.41) is 0.766. The van der Waals surface area contributed by atoms with Crippen LogP contribution in [0.5, 0.6) is 11.5 Å². The lowest BCUT2D eigenvalue weighted by atomic mass is 10.0. The first-order valence-corrected chi connectivity index (χ1v) is 7.46. The summed E-state index contributed by atoms with van der Waals surface area (Å²) in [5.74, 6) is 1.32. The van der Waals surface area contributed by atoms with Crippen LogP contribution in [0, 0.1) is 0 Å². The van der Waals surface area contributed by atoms with Gasteiger partial charge in [0.1, 0.15) is 17.1 Å². The molecule has 23 heavy (non-hydrogen) atoms. The molecule has 0 aliphatic carbocycles. The Balaban J connectivity index is 2.78. The monoisotopic (exact) mass is 314 g/mol. The van der Waals surface area contributed by atoms with Gasteiger partial charge in [-0.05, 0) is 32.8 Å². The molecule has 0 unspecified atom stereocenters. The van der Waals surface area contributed by atoms with Gasteiger partial charge in [0.25, 0.3) is 0 Å². The molecule has 1 aromatic heterocycles. The van der Waals surface area contributed by atoms with Crippen LogP contribution >= 0.6 is 0 Å². The summed E-state index contributed by atoms with van der Waals surface area (Å²) in [5.41, 5.74) is 2.79. The van der Waals surface area contributed by atoms with Crippen LogP contribution in [0.25, 0.3) is 11.0 Å². The van der Waals surface area contributed by atoms with Crippen LogP contribution in [-0.2, 0) is 12.8 Å². The van der Waals surface area contributed by atoms with Gasteiger partial charge in [-0.3, -0.25) is 0 Å². The highest BCUT2D eigenvalue weighted by Crippen LogP contribution is 2.37. The molecule has 0 N–H and O–H groups in total. The molecule has 0 atom stereocenters. The van der Waals surface area contributed by atoms with Gasteiger partial charge >= 0.3 is 5.63 Å². The van der Waals surface area contributed by atoms with E-state index in [1.54, 1.807) is 26.4 Å². The third-order valence-corrected chi connectivity index (χ3v) is 3.63. The van der Waals surface area contributed by atoms with Crippen molar-refractivity contribution < 1.29 is 13.9 Å². The Labute approximate surface area is 136 Å². The molecule has 2 rings (SSSR count). The van der Waals surface area contributed by atoms with E-state index in [9.17, 15) is 4.79 Å². The van der Waals surface area contributed by atoms with Gasteiger partial charge < -0.3 is 13.9 Å². The average Bonchev–Trinajstić information content (AvgIpc) is 2.52. The maximum atomic E-state index is 12.0. The summed E-state index contributed by atoms with van der Waals surface area (Å²) >= 11 is 0. The minimum absolute atomic E-state index is 0.362. The Kier molecular flexibility index (Phi) is 5.27. The Hall–Kier alpha value is -2.49. The van der Waals surface area contributed by atoms with Crippen molar-refractivity contribution in [1.29, 1.82) is 0 Å². The first kappa shape index (κ1) is 16.9. The van der Waals surface area contributed by atoms with Gasteiger partial charge in [0.05, 0.1) is 19.6 Å². The maximum absolute atomic E-state index is 12.0. The molecule has 0 spiro atoms. The minimum Gasteiger partial charge on any atom is -0.496 e. The number of hydrogen-bond donors (Lipinski definition) is 0. The zero-order chi connectivity index (χ0) is 17.0. The van der Waals surface area contributed by atoms with E-state index in [4.69, 9.17) is 13.9 Å². The van der Waals surface area contributed by atoms with E-state index >= 15 is 0 Å². The number of fused-ring (bicyclic) bond motifs is 1. The number of allylic oxidation sites excluding steroid dienone is 3. The van der Waals surface area contributed by atoms with Crippen LogP contribution in [0.3, 0.4) is 0 Å². The largest absolute Gasteiger partial charge is 0.496 e. The minimum atomic E-state index is -0.362. The van der Waals surface area contributed by atoms with E-state index in [1.165, 1.54) is 5.57 Å². The molecule has 0 bridgehead atoms. The van der Waals surface area contributed by atoms with E-state index in [0.717, 1.165) is 10.9 Å². The summed E-state index contributed by atoms with van der Waals surface area (Å²) in [4.78, 5) is 12.0. The van der Waals surface area contributed by atoms with E-state index in [0.29, 0.717) is 35.5 Å². The topological polar surface area (TPSA) is 48.7 Å². The molecule has 4 heteroatoms. The zero-order valence-electron chi connectivity index (χ0n) is 14.1. The van der Waals surface area contributed by atoms with Crippen molar-refractivity contribution in [2.45, 2.75) is 26.7 Å². The maximum Gasteiger partial charge on any atom is 0.339 e. The van der Waals surface area contributed by atoms with Crippen molar-refractivity contribution in [3.8, 4) is 11.5 Å². The molecular formula is C19H22O4. The first-order valence-electron chi connectivity index (χ1n) is 7.46. The molecule has 2 aromatic rings. The number of hydrogen-bond acceptors (Lipinski definition) is 4. The summed E-state index contributed by atoms with van der Waals surface area (Å²) < 4.78 is 16.5. The number of methoxy groups -OCH3 is 2. The predicted octanol–water partition coefficient (Wildman–Crippen LogP) is 4.05. The van der Waals surface area contributed by atoms with Crippen LogP contribution in [0.2, 0.25) is 0 Å². The Morgan fingerprint density at radius 1 is 1.22 bits per heavy atom. The number of ether oxygens (including phenoxy) is 2. The van der Waals surface area contributed by atoms with Crippen molar-refractivity contribution in [2.75, 3.05) is 14.2 Å². The van der Waals surface area contributed by atoms with E-state index in [2.05, 4.69) is 12.7 Å². The molecule has 1 aromatic carbocycles. The first-order chi connectivity index (χ1) is 11.0. The van der Waals surface area contributed by atoms with Crippen LogP contribution < -0.4 is 15.1 Å². The second-order valence-electron chi connectivity index (χ2n) is 5.54. The summed E-state index contributed by atoms with van der Waals surface area (Å²) in [7, 11) is 3.20. The molecule has 0 amide bonds. The highest BCUT2D eigenvalue weighted by molar-refractivity contribution is 5.88. The van der Waals surface area contributed by atoms with Crippen molar-refractivity contribution in [3.63, 3.8) is 0 Å². The van der Waals surface area contributed by atoms with Crippen molar-refractivity contribution in [1.82, 2.24) is 0 Å². The van der Waals surface area contributed by atoms with Gasteiger partial charge in [-0.2, -0.15) is 0 Å². The van der Waals surface area contributed by atoms with Gasteiger partial charge in [-0.25, -0.2) is 4.79 Å². The molecule has 4 nitrogen and oxygen atoms in total. The van der Waals surface area contributed by atoms with E-state index < -0.39 is 0 Å². The fraction of sp³-hybridized carbons (Fsp3) is 0.316. The van der Waals surface area contributed by atoms with Crippen molar-refractivity contribution in [3.05, 3.63) is 58.0 Å². The molecule has 0 fully saturated rings. The fourth-order valence-corrected chi connectivity index (χ4v) is 2.50. The zero-order valence-corrected chi connectivity index (χ0v) is 14.1. The summed E-state index contributed by atoms with van der Waals surface area (Å²) in [6.45, 7) is 7.76. The smallest absolute Gasteiger partial charge is 0.339 e. The molecule has 122 valence electrons. The molecule has 1 heterocycles. The Morgan fingerprint density at radius 3 is 2.52 bits per heavy atom. The van der Waals surface area contributed by atoms with Gasteiger partial charge in [-0.15, -0.1) is 6.58 Å². The molecule has 0 saturated carbocycles. The Morgan fingerprint density at radius 2 is 1.96 bits per heavy atom. The summed E-state index contributed by atoms with van der Waals surface area (Å²) in [6.07, 6.45) is 4.92. The van der Waals surface area contributed by atoms with Crippen LogP contribution in [0.1, 0.15) is 25.0 Å². The number of benzene rings is 1. The third-order valence-electron chi connectivity index (χ3n) is 3.63. The Bertz CT molecular complexity index is 808. The fourth-order valence-electron chi connectivity index (χ4n) is 2.50. The van der Waals surface area contributed by atoms with E-state index in [1.807, 2.05) is 19.9 Å². The van der Waals surface area contributed by atoms with Crippen LogP contribution in [-0.4, -0.2) is 14.2 Å². The standard InChI is InChI=1S/C19H22O4/c1-6-7-13-10-15-17(23-19(13)20)11-16(21-4)14(18(15)22-5)9-8-12(2)3/h6,8,10-11H,1,7,9H2,2-5H3. The lowest BCUT2D eigenvalue weighted by Crippen LogP contribution is -2.07. The number of rotatable bonds is 6. The highest BCUT2D eigenvalue weighted by Gasteiger charge is 2.17.